The summed E-state index contributed by atoms with van der Waals surface area (Å²) in [7, 11) is 0. The summed E-state index contributed by atoms with van der Waals surface area (Å²) in [5.74, 6) is -1.16. The number of rotatable bonds is 7. The van der Waals surface area contributed by atoms with Gasteiger partial charge in [-0.3, -0.25) is 4.79 Å². The normalized spacial score (nSPS) is 10.5. The smallest absolute Gasteiger partial charge is 0.255 e. The van der Waals surface area contributed by atoms with Gasteiger partial charge in [0.25, 0.3) is 5.91 Å². The first-order chi connectivity index (χ1) is 10.5. The molecule has 0 saturated heterocycles. The molecule has 2 aromatic carbocycles. The van der Waals surface area contributed by atoms with Gasteiger partial charge in [0.15, 0.2) is 6.61 Å². The fourth-order valence-electron chi connectivity index (χ4n) is 1.92. The van der Waals surface area contributed by atoms with Crippen LogP contribution in [-0.2, 0) is 17.9 Å². The van der Waals surface area contributed by atoms with E-state index in [1.165, 1.54) is 12.1 Å². The van der Waals surface area contributed by atoms with Gasteiger partial charge in [0, 0.05) is 19.2 Å². The van der Waals surface area contributed by atoms with Gasteiger partial charge in [0.2, 0.25) is 0 Å². The van der Waals surface area contributed by atoms with Crippen molar-refractivity contribution in [2.24, 2.45) is 5.73 Å². The van der Waals surface area contributed by atoms with Crippen LogP contribution in [0.25, 0.3) is 0 Å². The Hall–Kier alpha value is -2.47. The van der Waals surface area contributed by atoms with E-state index in [1.807, 2.05) is 12.1 Å². The highest BCUT2D eigenvalue weighted by Gasteiger charge is 2.01. The van der Waals surface area contributed by atoms with Gasteiger partial charge in [-0.1, -0.05) is 12.1 Å². The van der Waals surface area contributed by atoms with Gasteiger partial charge < -0.3 is 15.8 Å². The van der Waals surface area contributed by atoms with Crippen LogP contribution in [0.3, 0.4) is 0 Å². The van der Waals surface area contributed by atoms with Crippen molar-refractivity contribution < 1.29 is 18.3 Å². The number of hydrogen-bond acceptors (Lipinski definition) is 3. The zero-order valence-corrected chi connectivity index (χ0v) is 11.8. The Morgan fingerprint density at radius 1 is 1.00 bits per heavy atom. The number of nitrogens with one attached hydrogen (secondary N) is 1. The number of amides is 1. The lowest BCUT2D eigenvalue weighted by molar-refractivity contribution is -0.119. The third-order valence-electron chi connectivity index (χ3n) is 2.89. The van der Waals surface area contributed by atoms with Crippen LogP contribution in [0.2, 0.25) is 0 Å². The van der Waals surface area contributed by atoms with Crippen LogP contribution in [0.5, 0.6) is 5.75 Å². The number of primary amides is 1. The molecule has 116 valence electrons. The van der Waals surface area contributed by atoms with E-state index in [0.29, 0.717) is 24.4 Å². The maximum Gasteiger partial charge on any atom is 0.255 e. The fraction of sp³-hybridized carbons (Fsp3) is 0.188. The number of halogens is 2. The molecular weight excluding hydrogens is 290 g/mol. The molecule has 6 heteroatoms. The van der Waals surface area contributed by atoms with Crippen LogP contribution < -0.4 is 15.8 Å². The van der Waals surface area contributed by atoms with Crippen molar-refractivity contribution in [3.63, 3.8) is 0 Å². The number of ether oxygens (including phenoxy) is 1. The lowest BCUT2D eigenvalue weighted by atomic mass is 10.2. The van der Waals surface area contributed by atoms with E-state index < -0.39 is 17.5 Å². The molecular formula is C16H16F2N2O2. The van der Waals surface area contributed by atoms with Gasteiger partial charge in [-0.15, -0.1) is 0 Å². The van der Waals surface area contributed by atoms with Gasteiger partial charge in [-0.05, 0) is 35.4 Å². The number of carbonyl (C=O) groups excluding carboxylic acids is 1. The summed E-state index contributed by atoms with van der Waals surface area (Å²) in [4.78, 5) is 10.6. The maximum atomic E-state index is 13.0. The van der Waals surface area contributed by atoms with E-state index in [1.54, 1.807) is 12.1 Å². The fourth-order valence-corrected chi connectivity index (χ4v) is 1.92. The Morgan fingerprint density at radius 2 is 1.59 bits per heavy atom. The van der Waals surface area contributed by atoms with Crippen molar-refractivity contribution in [2.45, 2.75) is 13.1 Å². The van der Waals surface area contributed by atoms with E-state index >= 15 is 0 Å². The van der Waals surface area contributed by atoms with Gasteiger partial charge in [0.05, 0.1) is 0 Å². The molecule has 2 aromatic rings. The Morgan fingerprint density at radius 3 is 2.18 bits per heavy atom. The maximum absolute atomic E-state index is 13.0. The molecule has 0 bridgehead atoms. The quantitative estimate of drug-likeness (QED) is 0.823. The summed E-state index contributed by atoms with van der Waals surface area (Å²) in [5, 5.41) is 3.09. The Bertz CT molecular complexity index is 625. The molecule has 0 radical (unpaired) electrons. The minimum absolute atomic E-state index is 0.164. The third-order valence-corrected chi connectivity index (χ3v) is 2.89. The number of nitrogens with two attached hydrogens (primary N) is 1. The molecule has 0 fully saturated rings. The van der Waals surface area contributed by atoms with Crippen LogP contribution in [-0.4, -0.2) is 12.5 Å². The summed E-state index contributed by atoms with van der Waals surface area (Å²) >= 11 is 0. The first-order valence-electron chi connectivity index (χ1n) is 6.68. The van der Waals surface area contributed by atoms with Gasteiger partial charge in [-0.25, -0.2) is 8.78 Å². The summed E-state index contributed by atoms with van der Waals surface area (Å²) in [6.45, 7) is 0.728. The Balaban J connectivity index is 1.82. The number of benzene rings is 2. The van der Waals surface area contributed by atoms with Crippen molar-refractivity contribution in [2.75, 3.05) is 6.61 Å². The van der Waals surface area contributed by atoms with Crippen molar-refractivity contribution >= 4 is 5.91 Å². The Kier molecular flexibility index (Phi) is 5.43. The van der Waals surface area contributed by atoms with E-state index in [-0.39, 0.29) is 6.61 Å². The second-order valence-corrected chi connectivity index (χ2v) is 4.78. The Labute approximate surface area is 126 Å². The molecule has 0 aliphatic carbocycles. The molecule has 0 unspecified atom stereocenters. The lowest BCUT2D eigenvalue weighted by Gasteiger charge is -2.07. The molecule has 0 saturated carbocycles. The summed E-state index contributed by atoms with van der Waals surface area (Å²) in [5.41, 5.74) is 6.50. The largest absolute Gasteiger partial charge is 0.484 e. The minimum atomic E-state index is -0.590. The van der Waals surface area contributed by atoms with Crippen molar-refractivity contribution in [1.82, 2.24) is 5.32 Å². The zero-order valence-electron chi connectivity index (χ0n) is 11.8. The summed E-state index contributed by atoms with van der Waals surface area (Å²) in [6.07, 6.45) is 0. The minimum Gasteiger partial charge on any atom is -0.484 e. The van der Waals surface area contributed by atoms with Gasteiger partial charge in [0.1, 0.15) is 17.4 Å². The number of hydrogen-bond donors (Lipinski definition) is 2. The van der Waals surface area contributed by atoms with E-state index in [0.717, 1.165) is 11.6 Å². The van der Waals surface area contributed by atoms with E-state index in [2.05, 4.69) is 5.32 Å². The molecule has 0 heterocycles. The van der Waals surface area contributed by atoms with Crippen LogP contribution in [0.4, 0.5) is 8.78 Å². The highest BCUT2D eigenvalue weighted by Crippen LogP contribution is 2.12. The average Bonchev–Trinajstić information content (AvgIpc) is 2.45. The van der Waals surface area contributed by atoms with Crippen LogP contribution in [0, 0.1) is 11.6 Å². The van der Waals surface area contributed by atoms with E-state index in [9.17, 15) is 13.6 Å². The van der Waals surface area contributed by atoms with Crippen LogP contribution >= 0.6 is 0 Å². The topological polar surface area (TPSA) is 64.4 Å². The molecule has 0 spiro atoms. The van der Waals surface area contributed by atoms with Crippen molar-refractivity contribution in [1.29, 1.82) is 0 Å². The van der Waals surface area contributed by atoms with Gasteiger partial charge >= 0.3 is 0 Å². The van der Waals surface area contributed by atoms with E-state index in [4.69, 9.17) is 10.5 Å². The molecule has 0 aliphatic rings. The standard InChI is InChI=1S/C16H16F2N2O2/c17-13-5-12(6-14(18)7-13)9-20-8-11-1-3-15(4-2-11)22-10-16(19)21/h1-7,20H,8-10H2,(H2,19,21). The van der Waals surface area contributed by atoms with Crippen molar-refractivity contribution in [3.8, 4) is 5.75 Å². The molecule has 22 heavy (non-hydrogen) atoms. The molecule has 0 atom stereocenters. The van der Waals surface area contributed by atoms with Crippen LogP contribution in [0.1, 0.15) is 11.1 Å². The first-order valence-corrected chi connectivity index (χ1v) is 6.68. The molecule has 4 nitrogen and oxygen atoms in total. The molecule has 3 N–H and O–H groups in total. The second-order valence-electron chi connectivity index (χ2n) is 4.78. The SMILES string of the molecule is NC(=O)COc1ccc(CNCc2cc(F)cc(F)c2)cc1. The first kappa shape index (κ1) is 15.9. The average molecular weight is 306 g/mol. The predicted octanol–water partition coefficient (Wildman–Crippen LogP) is 2.12. The second kappa shape index (κ2) is 7.51. The highest BCUT2D eigenvalue weighted by atomic mass is 19.1. The predicted molar refractivity (Wildman–Crippen MR) is 78.0 cm³/mol. The van der Waals surface area contributed by atoms with Crippen molar-refractivity contribution in [3.05, 3.63) is 65.2 Å². The lowest BCUT2D eigenvalue weighted by Crippen LogP contribution is -2.20. The molecule has 0 aromatic heterocycles. The summed E-state index contributed by atoms with van der Waals surface area (Å²) in [6, 6.07) is 10.5. The molecule has 1 amide bonds. The number of carbonyl (C=O) groups is 1. The zero-order chi connectivity index (χ0) is 15.9. The van der Waals surface area contributed by atoms with Crippen LogP contribution in [0.15, 0.2) is 42.5 Å². The molecule has 0 aliphatic heterocycles. The molecule has 2 rings (SSSR count). The third kappa shape index (κ3) is 5.14. The summed E-state index contributed by atoms with van der Waals surface area (Å²) < 4.78 is 31.2. The van der Waals surface area contributed by atoms with Gasteiger partial charge in [-0.2, -0.15) is 0 Å². The highest BCUT2D eigenvalue weighted by molar-refractivity contribution is 5.75. The monoisotopic (exact) mass is 306 g/mol.